The van der Waals surface area contributed by atoms with E-state index >= 15 is 0 Å². The van der Waals surface area contributed by atoms with Crippen molar-refractivity contribution in [2.45, 2.75) is 32.7 Å². The van der Waals surface area contributed by atoms with Crippen molar-refractivity contribution in [1.82, 2.24) is 5.32 Å². The molecule has 1 atom stereocenters. The fourth-order valence-electron chi connectivity index (χ4n) is 3.43. The second-order valence-electron chi connectivity index (χ2n) is 6.57. The zero-order chi connectivity index (χ0) is 18.4. The summed E-state index contributed by atoms with van der Waals surface area (Å²) in [5.74, 6) is 0.849. The van der Waals surface area contributed by atoms with Crippen molar-refractivity contribution in [2.24, 2.45) is 0 Å². The van der Waals surface area contributed by atoms with Gasteiger partial charge in [0.15, 0.2) is 5.11 Å². The average Bonchev–Trinajstić information content (AvgIpc) is 2.95. The molecule has 0 saturated carbocycles. The Kier molecular flexibility index (Phi) is 6.34. The van der Waals surface area contributed by atoms with Gasteiger partial charge in [0.1, 0.15) is 5.75 Å². The van der Waals surface area contributed by atoms with E-state index in [0.29, 0.717) is 17.8 Å². The molecule has 2 aromatic carbocycles. The molecular formula is C21H27N3OS. The molecule has 0 unspecified atom stereocenters. The Morgan fingerprint density at radius 1 is 1.23 bits per heavy atom. The number of para-hydroxylation sites is 1. The van der Waals surface area contributed by atoms with Crippen LogP contribution < -0.4 is 20.3 Å². The van der Waals surface area contributed by atoms with Crippen molar-refractivity contribution in [3.8, 4) is 5.75 Å². The number of thiocarbonyl (C=S) groups is 1. The molecule has 26 heavy (non-hydrogen) atoms. The summed E-state index contributed by atoms with van der Waals surface area (Å²) in [5, 5.41) is 7.17. The molecule has 0 radical (unpaired) electrons. The summed E-state index contributed by atoms with van der Waals surface area (Å²) in [4.78, 5) is 2.50. The van der Waals surface area contributed by atoms with E-state index in [1.165, 1.54) is 11.3 Å². The molecule has 0 aliphatic carbocycles. The number of ether oxygens (including phenoxy) is 1. The first-order valence-corrected chi connectivity index (χ1v) is 9.70. The SMILES string of the molecule is CCOc1cccc(NC(=S)NCCCN2c3ccccc3C[C@H]2C)c1. The van der Waals surface area contributed by atoms with Gasteiger partial charge < -0.3 is 20.3 Å². The Hall–Kier alpha value is -2.27. The molecule has 0 amide bonds. The van der Waals surface area contributed by atoms with E-state index < -0.39 is 0 Å². The lowest BCUT2D eigenvalue weighted by molar-refractivity contribution is 0.340. The van der Waals surface area contributed by atoms with Gasteiger partial charge in [0, 0.05) is 36.6 Å². The Bertz CT molecular complexity index is 750. The third-order valence-corrected chi connectivity index (χ3v) is 4.86. The predicted octanol–water partition coefficient (Wildman–Crippen LogP) is 4.21. The largest absolute Gasteiger partial charge is 0.494 e. The molecule has 3 rings (SSSR count). The molecule has 1 aliphatic rings. The third kappa shape index (κ3) is 4.67. The van der Waals surface area contributed by atoms with E-state index in [-0.39, 0.29) is 0 Å². The van der Waals surface area contributed by atoms with Crippen LogP contribution in [-0.4, -0.2) is 30.9 Å². The summed E-state index contributed by atoms with van der Waals surface area (Å²) < 4.78 is 5.51. The Morgan fingerprint density at radius 2 is 2.08 bits per heavy atom. The maximum absolute atomic E-state index is 5.51. The lowest BCUT2D eigenvalue weighted by Crippen LogP contribution is -2.34. The predicted molar refractivity (Wildman–Crippen MR) is 113 cm³/mol. The number of anilines is 2. The van der Waals surface area contributed by atoms with Gasteiger partial charge in [-0.2, -0.15) is 0 Å². The highest BCUT2D eigenvalue weighted by Crippen LogP contribution is 2.31. The zero-order valence-electron chi connectivity index (χ0n) is 15.5. The summed E-state index contributed by atoms with van der Waals surface area (Å²) >= 11 is 5.40. The van der Waals surface area contributed by atoms with Crippen molar-refractivity contribution in [2.75, 3.05) is 29.9 Å². The van der Waals surface area contributed by atoms with Gasteiger partial charge in [0.05, 0.1) is 6.61 Å². The van der Waals surface area contributed by atoms with Crippen LogP contribution in [0.4, 0.5) is 11.4 Å². The van der Waals surface area contributed by atoms with Crippen LogP contribution in [0.25, 0.3) is 0 Å². The van der Waals surface area contributed by atoms with Crippen LogP contribution in [0.3, 0.4) is 0 Å². The maximum Gasteiger partial charge on any atom is 0.170 e. The van der Waals surface area contributed by atoms with Gasteiger partial charge in [0.25, 0.3) is 0 Å². The van der Waals surface area contributed by atoms with Gasteiger partial charge in [-0.3, -0.25) is 0 Å². The molecule has 1 aliphatic heterocycles. The highest BCUT2D eigenvalue weighted by atomic mass is 32.1. The number of nitrogens with zero attached hydrogens (tertiary/aromatic N) is 1. The first kappa shape index (κ1) is 18.5. The number of benzene rings is 2. The Morgan fingerprint density at radius 3 is 2.92 bits per heavy atom. The number of hydrogen-bond acceptors (Lipinski definition) is 3. The van der Waals surface area contributed by atoms with E-state index in [4.69, 9.17) is 17.0 Å². The van der Waals surface area contributed by atoms with Crippen molar-refractivity contribution in [1.29, 1.82) is 0 Å². The van der Waals surface area contributed by atoms with Crippen LogP contribution in [0.2, 0.25) is 0 Å². The molecule has 0 bridgehead atoms. The molecule has 0 fully saturated rings. The molecular weight excluding hydrogens is 342 g/mol. The average molecular weight is 370 g/mol. The maximum atomic E-state index is 5.51. The van der Waals surface area contributed by atoms with Gasteiger partial charge >= 0.3 is 0 Å². The monoisotopic (exact) mass is 369 g/mol. The summed E-state index contributed by atoms with van der Waals surface area (Å²) in [5.41, 5.74) is 3.78. The minimum Gasteiger partial charge on any atom is -0.494 e. The topological polar surface area (TPSA) is 36.5 Å². The van der Waals surface area contributed by atoms with E-state index in [1.54, 1.807) is 0 Å². The standard InChI is InChI=1S/C21H27N3OS/c1-3-25-19-10-6-9-18(15-19)23-21(26)22-12-7-13-24-16(2)14-17-8-4-5-11-20(17)24/h4-6,8-11,15-16H,3,7,12-14H2,1-2H3,(H2,22,23,26)/t16-/m1/s1. The minimum atomic E-state index is 0.568. The van der Waals surface area contributed by atoms with Gasteiger partial charge in [-0.15, -0.1) is 0 Å². The van der Waals surface area contributed by atoms with Crippen LogP contribution in [-0.2, 0) is 6.42 Å². The first-order valence-electron chi connectivity index (χ1n) is 9.29. The van der Waals surface area contributed by atoms with Crippen LogP contribution in [0.1, 0.15) is 25.8 Å². The Labute approximate surface area is 161 Å². The minimum absolute atomic E-state index is 0.568. The normalized spacial score (nSPS) is 15.5. The molecule has 0 aromatic heterocycles. The third-order valence-electron chi connectivity index (χ3n) is 4.61. The van der Waals surface area contributed by atoms with Crippen LogP contribution in [0, 0.1) is 0 Å². The van der Waals surface area contributed by atoms with Gasteiger partial charge in [0.2, 0.25) is 0 Å². The van der Waals surface area contributed by atoms with E-state index in [2.05, 4.69) is 46.7 Å². The van der Waals surface area contributed by atoms with E-state index in [1.807, 2.05) is 31.2 Å². The lowest BCUT2D eigenvalue weighted by Gasteiger charge is -2.25. The summed E-state index contributed by atoms with van der Waals surface area (Å²) in [6.45, 7) is 6.82. The first-order chi connectivity index (χ1) is 12.7. The summed E-state index contributed by atoms with van der Waals surface area (Å²) in [7, 11) is 0. The number of hydrogen-bond donors (Lipinski definition) is 2. The molecule has 0 spiro atoms. The van der Waals surface area contributed by atoms with Gasteiger partial charge in [-0.1, -0.05) is 24.3 Å². The van der Waals surface area contributed by atoms with Gasteiger partial charge in [-0.05, 0) is 62.7 Å². The second kappa shape index (κ2) is 8.90. The zero-order valence-corrected chi connectivity index (χ0v) is 16.3. The molecule has 2 N–H and O–H groups in total. The van der Waals surface area contributed by atoms with Crippen molar-refractivity contribution >= 4 is 28.7 Å². The molecule has 0 saturated heterocycles. The van der Waals surface area contributed by atoms with Crippen LogP contribution in [0.15, 0.2) is 48.5 Å². The van der Waals surface area contributed by atoms with Crippen LogP contribution >= 0.6 is 12.2 Å². The number of rotatable bonds is 7. The van der Waals surface area contributed by atoms with Crippen LogP contribution in [0.5, 0.6) is 5.75 Å². The summed E-state index contributed by atoms with van der Waals surface area (Å²) in [6, 6.07) is 17.1. The van der Waals surface area contributed by atoms with Crippen molar-refractivity contribution in [3.05, 3.63) is 54.1 Å². The van der Waals surface area contributed by atoms with Gasteiger partial charge in [-0.25, -0.2) is 0 Å². The second-order valence-corrected chi connectivity index (χ2v) is 6.98. The smallest absolute Gasteiger partial charge is 0.170 e. The van der Waals surface area contributed by atoms with E-state index in [9.17, 15) is 0 Å². The lowest BCUT2D eigenvalue weighted by atomic mass is 10.1. The van der Waals surface area contributed by atoms with Crippen molar-refractivity contribution in [3.63, 3.8) is 0 Å². The fraction of sp³-hybridized carbons (Fsp3) is 0.381. The quantitative estimate of drug-likeness (QED) is 0.565. The molecule has 1 heterocycles. The van der Waals surface area contributed by atoms with Crippen molar-refractivity contribution < 1.29 is 4.74 Å². The van der Waals surface area contributed by atoms with E-state index in [0.717, 1.165) is 37.4 Å². The molecule has 4 nitrogen and oxygen atoms in total. The molecule has 138 valence electrons. The summed E-state index contributed by atoms with van der Waals surface area (Å²) in [6.07, 6.45) is 2.18. The Balaban J connectivity index is 1.42. The highest BCUT2D eigenvalue weighted by Gasteiger charge is 2.24. The fourth-order valence-corrected chi connectivity index (χ4v) is 3.65. The highest BCUT2D eigenvalue weighted by molar-refractivity contribution is 7.80. The number of nitrogens with one attached hydrogen (secondary N) is 2. The number of fused-ring (bicyclic) bond motifs is 1. The molecule has 5 heteroatoms. The molecule has 2 aromatic rings.